The molecule has 0 aliphatic carbocycles. The summed E-state index contributed by atoms with van der Waals surface area (Å²) in [4.78, 5) is 30.5. The van der Waals surface area contributed by atoms with Gasteiger partial charge in [-0.15, -0.1) is 0 Å². The summed E-state index contributed by atoms with van der Waals surface area (Å²) in [6.45, 7) is 1.18. The fourth-order valence-electron chi connectivity index (χ4n) is 3.35. The molecule has 0 radical (unpaired) electrons. The number of hydrogen-bond donors (Lipinski definition) is 1. The molecule has 4 rings (SSSR count). The number of Topliss-reactive ketones (excluding diaryl/α,β-unsaturated/α-hetero) is 1. The molecule has 0 bridgehead atoms. The standard InChI is InChI=1S/C22H22N2O4S/c25-18(9-8-15-5-2-1-3-6-15)23-22-24-19(17-7-4-12-28-17)21(29-22)20(26)16-10-13-27-14-11-16/h1-7,12,16H,8-11,13-14H2,(H,23,24,25). The zero-order chi connectivity index (χ0) is 20.1. The van der Waals surface area contributed by atoms with Crippen molar-refractivity contribution in [3.63, 3.8) is 0 Å². The Kier molecular flexibility index (Phi) is 6.17. The number of nitrogens with zero attached hydrogens (tertiary/aromatic N) is 1. The summed E-state index contributed by atoms with van der Waals surface area (Å²) < 4.78 is 10.8. The first kappa shape index (κ1) is 19.5. The molecule has 6 nitrogen and oxygen atoms in total. The summed E-state index contributed by atoms with van der Waals surface area (Å²) in [7, 11) is 0. The SMILES string of the molecule is O=C(CCc1ccccc1)Nc1nc(-c2ccco2)c(C(=O)C2CCOCC2)s1. The van der Waals surface area contributed by atoms with E-state index in [2.05, 4.69) is 10.3 Å². The van der Waals surface area contributed by atoms with E-state index in [1.54, 1.807) is 18.4 Å². The molecule has 29 heavy (non-hydrogen) atoms. The van der Waals surface area contributed by atoms with Gasteiger partial charge >= 0.3 is 0 Å². The van der Waals surface area contributed by atoms with Crippen LogP contribution in [0.25, 0.3) is 11.5 Å². The van der Waals surface area contributed by atoms with Crippen molar-refractivity contribution in [2.45, 2.75) is 25.7 Å². The lowest BCUT2D eigenvalue weighted by Gasteiger charge is -2.20. The third kappa shape index (κ3) is 4.81. The first-order valence-electron chi connectivity index (χ1n) is 9.71. The Balaban J connectivity index is 1.50. The third-order valence-corrected chi connectivity index (χ3v) is 5.91. The first-order chi connectivity index (χ1) is 14.2. The molecular weight excluding hydrogens is 388 g/mol. The third-order valence-electron chi connectivity index (χ3n) is 4.93. The molecule has 1 aliphatic rings. The molecule has 2 aromatic heterocycles. The fourth-order valence-corrected chi connectivity index (χ4v) is 4.36. The summed E-state index contributed by atoms with van der Waals surface area (Å²) >= 11 is 1.22. The lowest BCUT2D eigenvalue weighted by Crippen LogP contribution is -2.23. The van der Waals surface area contributed by atoms with E-state index in [1.807, 2.05) is 30.3 Å². The number of amides is 1. The van der Waals surface area contributed by atoms with Crippen LogP contribution in [-0.4, -0.2) is 29.9 Å². The molecule has 150 valence electrons. The fraction of sp³-hybridized carbons (Fsp3) is 0.318. The zero-order valence-electron chi connectivity index (χ0n) is 15.9. The van der Waals surface area contributed by atoms with Crippen LogP contribution in [0.2, 0.25) is 0 Å². The molecule has 1 aromatic carbocycles. The molecular formula is C22H22N2O4S. The molecule has 1 aliphatic heterocycles. The number of thiazole rings is 1. The minimum absolute atomic E-state index is 0.0435. The van der Waals surface area contributed by atoms with E-state index in [1.165, 1.54) is 11.3 Å². The van der Waals surface area contributed by atoms with Crippen LogP contribution in [0.5, 0.6) is 0 Å². The molecule has 1 fully saturated rings. The highest BCUT2D eigenvalue weighted by molar-refractivity contribution is 7.18. The van der Waals surface area contributed by atoms with E-state index < -0.39 is 0 Å². The second kappa shape index (κ2) is 9.15. The van der Waals surface area contributed by atoms with E-state index in [9.17, 15) is 9.59 Å². The Labute approximate surface area is 172 Å². The van der Waals surface area contributed by atoms with Gasteiger partial charge in [-0.1, -0.05) is 41.7 Å². The zero-order valence-corrected chi connectivity index (χ0v) is 16.7. The number of aryl methyl sites for hydroxylation is 1. The Morgan fingerprint density at radius 2 is 1.90 bits per heavy atom. The predicted octanol–water partition coefficient (Wildman–Crippen LogP) is 4.58. The van der Waals surface area contributed by atoms with Gasteiger partial charge in [-0.25, -0.2) is 4.98 Å². The number of hydrogen-bond acceptors (Lipinski definition) is 6. The molecule has 3 aromatic rings. The van der Waals surface area contributed by atoms with Gasteiger partial charge in [0.15, 0.2) is 16.7 Å². The number of anilines is 1. The van der Waals surface area contributed by atoms with Crippen LogP contribution in [-0.2, 0) is 16.0 Å². The first-order valence-corrected chi connectivity index (χ1v) is 10.5. The predicted molar refractivity (Wildman–Crippen MR) is 111 cm³/mol. The van der Waals surface area contributed by atoms with Crippen molar-refractivity contribution in [2.24, 2.45) is 5.92 Å². The minimum Gasteiger partial charge on any atom is -0.463 e. The van der Waals surface area contributed by atoms with Crippen molar-refractivity contribution in [3.8, 4) is 11.5 Å². The highest BCUT2D eigenvalue weighted by atomic mass is 32.1. The molecule has 0 spiro atoms. The van der Waals surface area contributed by atoms with Crippen LogP contribution in [0.4, 0.5) is 5.13 Å². The number of benzene rings is 1. The molecule has 7 heteroatoms. The molecule has 3 heterocycles. The molecule has 0 saturated carbocycles. The van der Waals surface area contributed by atoms with Crippen LogP contribution in [0, 0.1) is 5.92 Å². The van der Waals surface area contributed by atoms with Crippen molar-refractivity contribution in [1.29, 1.82) is 0 Å². The van der Waals surface area contributed by atoms with Crippen LogP contribution in [0.15, 0.2) is 53.1 Å². The van der Waals surface area contributed by atoms with Gasteiger partial charge in [0.25, 0.3) is 0 Å². The maximum atomic E-state index is 13.1. The number of ketones is 1. The molecule has 1 amide bonds. The van der Waals surface area contributed by atoms with Crippen LogP contribution in [0.1, 0.15) is 34.5 Å². The average Bonchev–Trinajstić information content (AvgIpc) is 3.43. The van der Waals surface area contributed by atoms with E-state index in [0.717, 1.165) is 5.56 Å². The Bertz CT molecular complexity index is 960. The second-order valence-corrected chi connectivity index (χ2v) is 7.96. The lowest BCUT2D eigenvalue weighted by molar-refractivity contribution is -0.116. The lowest BCUT2D eigenvalue weighted by atomic mass is 9.94. The number of furan rings is 1. The Hall–Kier alpha value is -2.77. The number of carbonyl (C=O) groups excluding carboxylic acids is 2. The van der Waals surface area contributed by atoms with Gasteiger partial charge < -0.3 is 14.5 Å². The maximum Gasteiger partial charge on any atom is 0.226 e. The summed E-state index contributed by atoms with van der Waals surface area (Å²) in [5.41, 5.74) is 1.60. The largest absolute Gasteiger partial charge is 0.463 e. The normalized spacial score (nSPS) is 14.6. The van der Waals surface area contributed by atoms with Crippen molar-refractivity contribution in [3.05, 3.63) is 59.2 Å². The van der Waals surface area contributed by atoms with Crippen molar-refractivity contribution >= 4 is 28.2 Å². The van der Waals surface area contributed by atoms with Gasteiger partial charge in [0.1, 0.15) is 10.6 Å². The second-order valence-electron chi connectivity index (χ2n) is 6.96. The number of rotatable bonds is 7. The van der Waals surface area contributed by atoms with Gasteiger partial charge in [0.05, 0.1) is 6.26 Å². The monoisotopic (exact) mass is 410 g/mol. The quantitative estimate of drug-likeness (QED) is 0.577. The van der Waals surface area contributed by atoms with Gasteiger partial charge in [0, 0.05) is 25.6 Å². The highest BCUT2D eigenvalue weighted by Crippen LogP contribution is 2.35. The van der Waals surface area contributed by atoms with Crippen LogP contribution >= 0.6 is 11.3 Å². The number of carbonyl (C=O) groups is 2. The molecule has 1 saturated heterocycles. The van der Waals surface area contributed by atoms with Crippen molar-refractivity contribution in [1.82, 2.24) is 4.98 Å². The Morgan fingerprint density at radius 1 is 1.10 bits per heavy atom. The van der Waals surface area contributed by atoms with E-state index in [-0.39, 0.29) is 17.6 Å². The van der Waals surface area contributed by atoms with Gasteiger partial charge in [-0.3, -0.25) is 9.59 Å². The summed E-state index contributed by atoms with van der Waals surface area (Å²) in [5.74, 6) is 0.363. The molecule has 0 atom stereocenters. The number of ether oxygens (including phenoxy) is 1. The summed E-state index contributed by atoms with van der Waals surface area (Å²) in [6, 6.07) is 13.4. The average molecular weight is 410 g/mol. The maximum absolute atomic E-state index is 13.1. The van der Waals surface area contributed by atoms with Gasteiger partial charge in [0.2, 0.25) is 5.91 Å². The summed E-state index contributed by atoms with van der Waals surface area (Å²) in [5, 5.41) is 3.26. The van der Waals surface area contributed by atoms with Gasteiger partial charge in [-0.05, 0) is 37.0 Å². The summed E-state index contributed by atoms with van der Waals surface area (Å²) in [6.07, 6.45) is 3.95. The smallest absolute Gasteiger partial charge is 0.226 e. The number of aromatic nitrogens is 1. The van der Waals surface area contributed by atoms with Crippen molar-refractivity contribution < 1.29 is 18.7 Å². The Morgan fingerprint density at radius 3 is 2.62 bits per heavy atom. The topological polar surface area (TPSA) is 81.4 Å². The number of nitrogens with one attached hydrogen (secondary N) is 1. The molecule has 0 unspecified atom stereocenters. The van der Waals surface area contributed by atoms with E-state index in [0.29, 0.717) is 60.4 Å². The highest BCUT2D eigenvalue weighted by Gasteiger charge is 2.29. The van der Waals surface area contributed by atoms with Crippen LogP contribution in [0.3, 0.4) is 0 Å². The van der Waals surface area contributed by atoms with Crippen molar-refractivity contribution in [2.75, 3.05) is 18.5 Å². The van der Waals surface area contributed by atoms with E-state index >= 15 is 0 Å². The van der Waals surface area contributed by atoms with E-state index in [4.69, 9.17) is 9.15 Å². The molecule has 1 N–H and O–H groups in total. The van der Waals surface area contributed by atoms with Gasteiger partial charge in [-0.2, -0.15) is 0 Å². The minimum atomic E-state index is -0.126. The van der Waals surface area contributed by atoms with Crippen LogP contribution < -0.4 is 5.32 Å².